The van der Waals surface area contributed by atoms with Crippen molar-refractivity contribution in [2.45, 2.75) is 20.8 Å². The first-order valence-electron chi connectivity index (χ1n) is 4.35. The lowest BCUT2D eigenvalue weighted by molar-refractivity contribution is 0.340. The van der Waals surface area contributed by atoms with Gasteiger partial charge in [0, 0.05) is 10.2 Å². The van der Waals surface area contributed by atoms with Gasteiger partial charge in [0.1, 0.15) is 5.75 Å². The van der Waals surface area contributed by atoms with Gasteiger partial charge in [-0.1, -0.05) is 5.19 Å². The standard InChI is InChI=1S/C10H16OSi/c1-4-11-9-5-7(2)10(12)8(3)6-9/h5-6H,4H2,1-3,12H3. The van der Waals surface area contributed by atoms with Crippen LogP contribution in [0.4, 0.5) is 0 Å². The fourth-order valence-electron chi connectivity index (χ4n) is 1.25. The van der Waals surface area contributed by atoms with Crippen molar-refractivity contribution in [2.75, 3.05) is 6.61 Å². The van der Waals surface area contributed by atoms with E-state index in [1.807, 2.05) is 6.92 Å². The third-order valence-electron chi connectivity index (χ3n) is 2.21. The van der Waals surface area contributed by atoms with Gasteiger partial charge in [0.2, 0.25) is 0 Å². The lowest BCUT2D eigenvalue weighted by Crippen LogP contribution is -2.11. The Morgan fingerprint density at radius 2 is 1.75 bits per heavy atom. The molecule has 0 saturated heterocycles. The third kappa shape index (κ3) is 1.88. The van der Waals surface area contributed by atoms with Crippen LogP contribution in [0.2, 0.25) is 0 Å². The zero-order chi connectivity index (χ0) is 9.14. The predicted octanol–water partition coefficient (Wildman–Crippen LogP) is 0.693. The van der Waals surface area contributed by atoms with Crippen LogP contribution in [0, 0.1) is 13.8 Å². The van der Waals surface area contributed by atoms with Crippen LogP contribution >= 0.6 is 0 Å². The summed E-state index contributed by atoms with van der Waals surface area (Å²) < 4.78 is 5.44. The van der Waals surface area contributed by atoms with Gasteiger partial charge in [-0.25, -0.2) is 0 Å². The second kappa shape index (κ2) is 3.76. The second-order valence-corrected chi connectivity index (χ2v) is 4.12. The predicted molar refractivity (Wildman–Crippen MR) is 56.7 cm³/mol. The van der Waals surface area contributed by atoms with Gasteiger partial charge in [-0.15, -0.1) is 0 Å². The minimum Gasteiger partial charge on any atom is -0.494 e. The molecule has 0 aliphatic rings. The second-order valence-electron chi connectivity index (χ2n) is 3.12. The van der Waals surface area contributed by atoms with Crippen LogP contribution in [0.3, 0.4) is 0 Å². The van der Waals surface area contributed by atoms with Crippen molar-refractivity contribution in [3.05, 3.63) is 23.3 Å². The van der Waals surface area contributed by atoms with Crippen molar-refractivity contribution in [1.82, 2.24) is 0 Å². The highest BCUT2D eigenvalue weighted by Crippen LogP contribution is 2.13. The summed E-state index contributed by atoms with van der Waals surface area (Å²) in [6, 6.07) is 4.25. The van der Waals surface area contributed by atoms with Gasteiger partial charge in [-0.05, 0) is 44.0 Å². The average Bonchev–Trinajstić information content (AvgIpc) is 2.01. The van der Waals surface area contributed by atoms with Crippen molar-refractivity contribution >= 4 is 15.4 Å². The molecule has 0 heterocycles. The third-order valence-corrected chi connectivity index (χ3v) is 3.79. The molecule has 12 heavy (non-hydrogen) atoms. The summed E-state index contributed by atoms with van der Waals surface area (Å²) >= 11 is 0. The molecule has 1 nitrogen and oxygen atoms in total. The number of aryl methyl sites for hydroxylation is 2. The first kappa shape index (κ1) is 9.33. The van der Waals surface area contributed by atoms with E-state index in [1.54, 1.807) is 0 Å². The number of benzene rings is 1. The van der Waals surface area contributed by atoms with Gasteiger partial charge in [-0.3, -0.25) is 0 Å². The van der Waals surface area contributed by atoms with Crippen LogP contribution in [0.5, 0.6) is 5.75 Å². The van der Waals surface area contributed by atoms with Crippen molar-refractivity contribution in [2.24, 2.45) is 0 Å². The van der Waals surface area contributed by atoms with Crippen molar-refractivity contribution in [3.63, 3.8) is 0 Å². The van der Waals surface area contributed by atoms with E-state index in [2.05, 4.69) is 26.0 Å². The van der Waals surface area contributed by atoms with E-state index in [9.17, 15) is 0 Å². The Morgan fingerprint density at radius 3 is 2.17 bits per heavy atom. The Balaban J connectivity index is 3.04. The molecule has 1 rings (SSSR count). The van der Waals surface area contributed by atoms with E-state index >= 15 is 0 Å². The molecular weight excluding hydrogens is 164 g/mol. The van der Waals surface area contributed by atoms with Gasteiger partial charge in [0.15, 0.2) is 0 Å². The Labute approximate surface area is 77.2 Å². The number of ether oxygens (including phenoxy) is 1. The zero-order valence-corrected chi connectivity index (χ0v) is 10.3. The minimum absolute atomic E-state index is 0.749. The maximum absolute atomic E-state index is 5.44. The monoisotopic (exact) mass is 180 g/mol. The molecule has 0 aliphatic heterocycles. The molecule has 0 bridgehead atoms. The van der Waals surface area contributed by atoms with Crippen LogP contribution in [0.1, 0.15) is 18.1 Å². The maximum Gasteiger partial charge on any atom is 0.119 e. The molecule has 1 aromatic carbocycles. The Hall–Kier alpha value is -0.763. The van der Waals surface area contributed by atoms with E-state index in [-0.39, 0.29) is 0 Å². The Bertz CT molecular complexity index is 258. The summed E-state index contributed by atoms with van der Waals surface area (Å²) in [6.07, 6.45) is 0. The first-order valence-corrected chi connectivity index (χ1v) is 5.35. The molecule has 0 aliphatic carbocycles. The topological polar surface area (TPSA) is 9.23 Å². The molecule has 66 valence electrons. The Morgan fingerprint density at radius 1 is 1.25 bits per heavy atom. The van der Waals surface area contributed by atoms with Crippen LogP contribution < -0.4 is 9.92 Å². The van der Waals surface area contributed by atoms with Gasteiger partial charge in [0.25, 0.3) is 0 Å². The van der Waals surface area contributed by atoms with Crippen LogP contribution in [-0.4, -0.2) is 16.8 Å². The smallest absolute Gasteiger partial charge is 0.119 e. The van der Waals surface area contributed by atoms with Crippen molar-refractivity contribution < 1.29 is 4.74 Å². The first-order chi connectivity index (χ1) is 5.65. The van der Waals surface area contributed by atoms with Crippen LogP contribution in [-0.2, 0) is 0 Å². The molecule has 0 saturated carbocycles. The average molecular weight is 180 g/mol. The summed E-state index contributed by atoms with van der Waals surface area (Å²) in [5.41, 5.74) is 2.73. The van der Waals surface area contributed by atoms with Crippen LogP contribution in [0.15, 0.2) is 12.1 Å². The number of hydrogen-bond acceptors (Lipinski definition) is 1. The fraction of sp³-hybridized carbons (Fsp3) is 0.400. The molecule has 0 aromatic heterocycles. The highest BCUT2D eigenvalue weighted by atomic mass is 28.1. The summed E-state index contributed by atoms with van der Waals surface area (Å²) in [6.45, 7) is 7.06. The molecule has 0 fully saturated rings. The molecule has 0 N–H and O–H groups in total. The quantitative estimate of drug-likeness (QED) is 0.609. The number of rotatable bonds is 2. The number of hydrogen-bond donors (Lipinski definition) is 0. The SMILES string of the molecule is CCOc1cc(C)c([SiH3])c(C)c1. The zero-order valence-electron chi connectivity index (χ0n) is 8.27. The van der Waals surface area contributed by atoms with Gasteiger partial charge in [-0.2, -0.15) is 0 Å². The molecule has 0 spiro atoms. The molecule has 0 amide bonds. The van der Waals surface area contributed by atoms with Gasteiger partial charge in [0.05, 0.1) is 6.61 Å². The largest absolute Gasteiger partial charge is 0.494 e. The summed E-state index contributed by atoms with van der Waals surface area (Å²) in [4.78, 5) is 0. The molecular formula is C10H16OSi. The van der Waals surface area contributed by atoms with E-state index in [0.717, 1.165) is 22.6 Å². The van der Waals surface area contributed by atoms with E-state index in [1.165, 1.54) is 16.3 Å². The molecule has 0 atom stereocenters. The minimum atomic E-state index is 0.749. The molecule has 0 unspecified atom stereocenters. The summed E-state index contributed by atoms with van der Waals surface area (Å²) in [5.74, 6) is 1.01. The fourth-order valence-corrected chi connectivity index (χ4v) is 1.53. The van der Waals surface area contributed by atoms with E-state index in [4.69, 9.17) is 4.74 Å². The highest BCUT2D eigenvalue weighted by molar-refractivity contribution is 6.34. The normalized spacial score (nSPS) is 10.2. The van der Waals surface area contributed by atoms with Gasteiger partial charge >= 0.3 is 0 Å². The lowest BCUT2D eigenvalue weighted by Gasteiger charge is -2.09. The molecule has 0 radical (unpaired) electrons. The van der Waals surface area contributed by atoms with Crippen molar-refractivity contribution in [1.29, 1.82) is 0 Å². The Kier molecular flexibility index (Phi) is 2.92. The summed E-state index contributed by atoms with van der Waals surface area (Å²) in [7, 11) is 1.12. The highest BCUT2D eigenvalue weighted by Gasteiger charge is 2.00. The van der Waals surface area contributed by atoms with Crippen LogP contribution in [0.25, 0.3) is 0 Å². The van der Waals surface area contributed by atoms with Crippen molar-refractivity contribution in [3.8, 4) is 5.75 Å². The summed E-state index contributed by atoms with van der Waals surface area (Å²) in [5, 5.41) is 1.50. The molecule has 1 aromatic rings. The van der Waals surface area contributed by atoms with E-state index < -0.39 is 0 Å². The van der Waals surface area contributed by atoms with Gasteiger partial charge < -0.3 is 4.74 Å². The maximum atomic E-state index is 5.44. The van der Waals surface area contributed by atoms with E-state index in [0.29, 0.717) is 0 Å². The molecule has 2 heteroatoms. The lowest BCUT2D eigenvalue weighted by atomic mass is 10.1.